The Balaban J connectivity index is 2.07. The number of nitrogens with zero attached hydrogens (tertiary/aromatic N) is 1. The van der Waals surface area contributed by atoms with Crippen LogP contribution in [0, 0.1) is 0 Å². The fourth-order valence-corrected chi connectivity index (χ4v) is 3.43. The number of rotatable bonds is 5. The number of nitrogens with one attached hydrogen (secondary N) is 1. The molecule has 0 radical (unpaired) electrons. The molecule has 4 heteroatoms. The summed E-state index contributed by atoms with van der Waals surface area (Å²) in [7, 11) is 0. The van der Waals surface area contributed by atoms with Gasteiger partial charge in [-0.2, -0.15) is 0 Å². The van der Waals surface area contributed by atoms with Crippen molar-refractivity contribution in [3.05, 3.63) is 34.3 Å². The molecule has 21 heavy (non-hydrogen) atoms. The smallest absolute Gasteiger partial charge is 0.0460 e. The highest BCUT2D eigenvalue weighted by atomic mass is 79.9. The molecule has 0 aliphatic carbocycles. The van der Waals surface area contributed by atoms with Gasteiger partial charge in [-0.1, -0.05) is 34.5 Å². The van der Waals surface area contributed by atoms with Gasteiger partial charge in [0.25, 0.3) is 0 Å². The van der Waals surface area contributed by atoms with Crippen molar-refractivity contribution in [3.8, 4) is 0 Å². The zero-order chi connectivity index (χ0) is 15.5. The third-order valence-corrected chi connectivity index (χ3v) is 5.08. The number of hydrazine groups is 1. The van der Waals surface area contributed by atoms with Gasteiger partial charge in [-0.3, -0.25) is 0 Å². The second-order valence-electron chi connectivity index (χ2n) is 6.72. The van der Waals surface area contributed by atoms with E-state index in [9.17, 15) is 0 Å². The van der Waals surface area contributed by atoms with E-state index in [-0.39, 0.29) is 5.54 Å². The van der Waals surface area contributed by atoms with E-state index in [1.54, 1.807) is 0 Å². The lowest BCUT2D eigenvalue weighted by molar-refractivity contribution is 0.00665. The molecule has 1 aromatic carbocycles. The molecular formula is C17H28BrN3. The summed E-state index contributed by atoms with van der Waals surface area (Å²) in [6, 6.07) is 9.68. The van der Waals surface area contributed by atoms with Crippen LogP contribution in [0.1, 0.15) is 45.6 Å². The minimum atomic E-state index is -0.103. The van der Waals surface area contributed by atoms with Crippen LogP contribution in [0.2, 0.25) is 0 Å². The van der Waals surface area contributed by atoms with Crippen molar-refractivity contribution in [2.75, 3.05) is 6.54 Å². The van der Waals surface area contributed by atoms with Crippen LogP contribution in [0.4, 0.5) is 0 Å². The lowest BCUT2D eigenvalue weighted by Gasteiger charge is -2.45. The Morgan fingerprint density at radius 1 is 1.24 bits per heavy atom. The lowest BCUT2D eigenvalue weighted by atomic mass is 9.92. The number of benzene rings is 1. The molecule has 1 fully saturated rings. The predicted molar refractivity (Wildman–Crippen MR) is 93.1 cm³/mol. The maximum absolute atomic E-state index is 6.09. The largest absolute Gasteiger partial charge is 0.329 e. The first kappa shape index (κ1) is 16.9. The van der Waals surface area contributed by atoms with Crippen molar-refractivity contribution in [1.29, 1.82) is 0 Å². The highest BCUT2D eigenvalue weighted by Crippen LogP contribution is 2.23. The van der Waals surface area contributed by atoms with Crippen molar-refractivity contribution in [1.82, 2.24) is 10.4 Å². The zero-order valence-corrected chi connectivity index (χ0v) is 15.0. The summed E-state index contributed by atoms with van der Waals surface area (Å²) in [5.74, 6) is 0. The molecule has 3 N–H and O–H groups in total. The van der Waals surface area contributed by atoms with E-state index in [2.05, 4.69) is 71.4 Å². The molecule has 1 aliphatic rings. The predicted octanol–water partition coefficient (Wildman–Crippen LogP) is 3.48. The van der Waals surface area contributed by atoms with Crippen molar-refractivity contribution in [2.24, 2.45) is 5.73 Å². The first-order chi connectivity index (χ1) is 9.93. The molecule has 3 atom stereocenters. The average molecular weight is 354 g/mol. The number of hydrogen-bond acceptors (Lipinski definition) is 3. The van der Waals surface area contributed by atoms with Gasteiger partial charge in [0.05, 0.1) is 0 Å². The summed E-state index contributed by atoms with van der Waals surface area (Å²) in [6.07, 6.45) is 4.78. The number of nitrogens with two attached hydrogens (primary N) is 1. The van der Waals surface area contributed by atoms with Crippen LogP contribution in [-0.2, 0) is 6.42 Å². The van der Waals surface area contributed by atoms with Gasteiger partial charge in [0, 0.05) is 28.6 Å². The molecule has 3 unspecified atom stereocenters. The van der Waals surface area contributed by atoms with Gasteiger partial charge >= 0.3 is 0 Å². The van der Waals surface area contributed by atoms with Crippen LogP contribution < -0.4 is 11.2 Å². The maximum atomic E-state index is 6.09. The third kappa shape index (κ3) is 4.52. The quantitative estimate of drug-likeness (QED) is 0.851. The van der Waals surface area contributed by atoms with Crippen molar-refractivity contribution >= 4 is 15.9 Å². The summed E-state index contributed by atoms with van der Waals surface area (Å²) in [5.41, 5.74) is 11.0. The van der Waals surface area contributed by atoms with E-state index in [1.165, 1.54) is 24.8 Å². The first-order valence-corrected chi connectivity index (χ1v) is 8.73. The fourth-order valence-electron chi connectivity index (χ4n) is 3.16. The number of halogens is 1. The first-order valence-electron chi connectivity index (χ1n) is 7.94. The van der Waals surface area contributed by atoms with Gasteiger partial charge in [0.1, 0.15) is 0 Å². The summed E-state index contributed by atoms with van der Waals surface area (Å²) in [5, 5.41) is 2.43. The molecule has 1 saturated heterocycles. The Hall–Kier alpha value is -0.420. The van der Waals surface area contributed by atoms with Crippen molar-refractivity contribution < 1.29 is 0 Å². The topological polar surface area (TPSA) is 41.3 Å². The Bertz CT molecular complexity index is 438. The molecule has 1 aliphatic heterocycles. The summed E-state index contributed by atoms with van der Waals surface area (Å²) in [6.45, 7) is 7.46. The number of piperidine rings is 1. The molecule has 0 amide bonds. The molecule has 1 aromatic rings. The van der Waals surface area contributed by atoms with E-state index < -0.39 is 0 Å². The second-order valence-corrected chi connectivity index (χ2v) is 7.63. The SMILES string of the molecule is CC1CCCC(C)N1NC(C)(CN)Cc1ccc(Br)cc1. The van der Waals surface area contributed by atoms with Crippen LogP contribution >= 0.6 is 15.9 Å². The standard InChI is InChI=1S/C17H28BrN3/c1-13-5-4-6-14(2)21(13)20-17(3,12-19)11-15-7-9-16(18)10-8-15/h7-10,13-14,20H,4-6,11-12,19H2,1-3H3. The molecule has 0 aromatic heterocycles. The van der Waals surface area contributed by atoms with E-state index in [0.717, 1.165) is 10.9 Å². The zero-order valence-electron chi connectivity index (χ0n) is 13.4. The Morgan fingerprint density at radius 2 is 1.81 bits per heavy atom. The molecule has 3 nitrogen and oxygen atoms in total. The van der Waals surface area contributed by atoms with Crippen molar-refractivity contribution in [3.63, 3.8) is 0 Å². The Labute approximate surface area is 137 Å². The van der Waals surface area contributed by atoms with E-state index in [0.29, 0.717) is 18.6 Å². The van der Waals surface area contributed by atoms with Gasteiger partial charge in [-0.25, -0.2) is 10.4 Å². The molecule has 0 bridgehead atoms. The minimum absolute atomic E-state index is 0.103. The highest BCUT2D eigenvalue weighted by molar-refractivity contribution is 9.10. The minimum Gasteiger partial charge on any atom is -0.329 e. The van der Waals surface area contributed by atoms with Crippen LogP contribution in [0.25, 0.3) is 0 Å². The monoisotopic (exact) mass is 353 g/mol. The lowest BCUT2D eigenvalue weighted by Crippen LogP contribution is -2.63. The van der Waals surface area contributed by atoms with Crippen LogP contribution in [-0.4, -0.2) is 29.2 Å². The molecule has 0 spiro atoms. The molecular weight excluding hydrogens is 326 g/mol. The van der Waals surface area contributed by atoms with Gasteiger partial charge in [-0.05, 0) is 57.7 Å². The van der Waals surface area contributed by atoms with E-state index in [4.69, 9.17) is 5.73 Å². The fraction of sp³-hybridized carbons (Fsp3) is 0.647. The molecule has 118 valence electrons. The van der Waals surface area contributed by atoms with Crippen LogP contribution in [0.15, 0.2) is 28.7 Å². The normalized spacial score (nSPS) is 26.5. The van der Waals surface area contributed by atoms with Gasteiger partial charge in [0.15, 0.2) is 0 Å². The van der Waals surface area contributed by atoms with Gasteiger partial charge in [-0.15, -0.1) is 0 Å². The second kappa shape index (κ2) is 7.23. The molecule has 0 saturated carbocycles. The summed E-state index contributed by atoms with van der Waals surface area (Å²) >= 11 is 3.49. The molecule has 1 heterocycles. The van der Waals surface area contributed by atoms with Crippen molar-refractivity contribution in [2.45, 2.75) is 64.1 Å². The van der Waals surface area contributed by atoms with Crippen LogP contribution in [0.3, 0.4) is 0 Å². The Morgan fingerprint density at radius 3 is 2.33 bits per heavy atom. The Kier molecular flexibility index (Phi) is 5.83. The van der Waals surface area contributed by atoms with Crippen LogP contribution in [0.5, 0.6) is 0 Å². The number of hydrogen-bond donors (Lipinski definition) is 2. The maximum Gasteiger partial charge on any atom is 0.0460 e. The average Bonchev–Trinajstić information content (AvgIpc) is 2.46. The van der Waals surface area contributed by atoms with Gasteiger partial charge < -0.3 is 5.73 Å². The highest BCUT2D eigenvalue weighted by Gasteiger charge is 2.31. The summed E-state index contributed by atoms with van der Waals surface area (Å²) in [4.78, 5) is 0. The molecule has 2 rings (SSSR count). The van der Waals surface area contributed by atoms with E-state index in [1.807, 2.05) is 0 Å². The van der Waals surface area contributed by atoms with E-state index >= 15 is 0 Å². The van der Waals surface area contributed by atoms with Gasteiger partial charge in [0.2, 0.25) is 0 Å². The summed E-state index contributed by atoms with van der Waals surface area (Å²) < 4.78 is 1.12. The third-order valence-electron chi connectivity index (χ3n) is 4.55.